The zero-order valence-corrected chi connectivity index (χ0v) is 22.6. The van der Waals surface area contributed by atoms with Crippen LogP contribution in [-0.2, 0) is 22.5 Å². The number of methoxy groups -OCH3 is 2. The molecule has 1 aromatic heterocycles. The number of hydrogen-bond donors (Lipinski definition) is 1. The van der Waals surface area contributed by atoms with Crippen molar-refractivity contribution >= 4 is 28.5 Å². The van der Waals surface area contributed by atoms with Gasteiger partial charge in [0.15, 0.2) is 12.4 Å². The van der Waals surface area contributed by atoms with Crippen molar-refractivity contribution in [1.82, 2.24) is 4.57 Å². The van der Waals surface area contributed by atoms with Gasteiger partial charge in [-0.1, -0.05) is 17.7 Å². The van der Waals surface area contributed by atoms with E-state index >= 15 is 0 Å². The third-order valence-corrected chi connectivity index (χ3v) is 6.73. The molecule has 0 spiro atoms. The number of carbonyl (C=O) groups excluding carboxylic acids is 1. The molecule has 12 heteroatoms. The Hall–Kier alpha value is -4.09. The summed E-state index contributed by atoms with van der Waals surface area (Å²) in [4.78, 5) is 16.6. The normalized spacial score (nSPS) is 11.4. The summed E-state index contributed by atoms with van der Waals surface area (Å²) in [6.07, 6.45) is -4.49. The van der Waals surface area contributed by atoms with Gasteiger partial charge < -0.3 is 28.4 Å². The van der Waals surface area contributed by atoms with Gasteiger partial charge >= 0.3 is 12.3 Å². The van der Waals surface area contributed by atoms with Gasteiger partial charge in [0, 0.05) is 46.8 Å². The highest BCUT2D eigenvalue weighted by atomic mass is 35.5. The summed E-state index contributed by atoms with van der Waals surface area (Å²) in [6, 6.07) is 14.3. The molecule has 0 saturated carbocycles. The van der Waals surface area contributed by atoms with E-state index in [0.29, 0.717) is 45.2 Å². The van der Waals surface area contributed by atoms with Gasteiger partial charge in [-0.3, -0.25) is 0 Å². The standard InChI is InChI=1S/C28H26ClF3N2O6/c1-16-23(11-17-4-5-19(36-2)13-26(17)40-33)22-8-6-21(39-28(30,31)32)12-25(22)34(16)14-18-10-20(7-9-24(18)29)38-15-27(35)37-3/h4-10,12-13H,11,14-15,33H2,1-3H3. The zero-order chi connectivity index (χ0) is 29.0. The fourth-order valence-corrected chi connectivity index (χ4v) is 4.57. The van der Waals surface area contributed by atoms with Gasteiger partial charge in [-0.2, -0.15) is 5.90 Å². The first kappa shape index (κ1) is 28.9. The number of nitrogens with two attached hydrogens (primary N) is 1. The Kier molecular flexibility index (Phi) is 8.65. The molecule has 0 amide bonds. The monoisotopic (exact) mass is 578 g/mol. The molecular weight excluding hydrogens is 553 g/mol. The van der Waals surface area contributed by atoms with E-state index in [-0.39, 0.29) is 18.9 Å². The number of benzene rings is 3. The van der Waals surface area contributed by atoms with E-state index in [9.17, 15) is 18.0 Å². The van der Waals surface area contributed by atoms with Gasteiger partial charge in [0.25, 0.3) is 0 Å². The molecule has 8 nitrogen and oxygen atoms in total. The maximum absolute atomic E-state index is 13.0. The molecule has 0 fully saturated rings. The summed E-state index contributed by atoms with van der Waals surface area (Å²) in [5.41, 5.74) is 3.47. The molecular formula is C28H26ClF3N2O6. The SMILES string of the molecule is COC(=O)COc1ccc(Cl)c(Cn2c(C)c(Cc3ccc(OC)cc3ON)c3ccc(OC(F)(F)F)cc32)c1. The lowest BCUT2D eigenvalue weighted by Crippen LogP contribution is -2.17. The number of ether oxygens (including phenoxy) is 4. The summed E-state index contributed by atoms with van der Waals surface area (Å²) in [5.74, 6) is 5.93. The van der Waals surface area contributed by atoms with E-state index in [1.165, 1.54) is 26.4 Å². The highest BCUT2D eigenvalue weighted by Gasteiger charge is 2.31. The van der Waals surface area contributed by atoms with Crippen molar-refractivity contribution in [3.05, 3.63) is 82.0 Å². The van der Waals surface area contributed by atoms with Crippen molar-refractivity contribution in [2.24, 2.45) is 5.90 Å². The van der Waals surface area contributed by atoms with Crippen molar-refractivity contribution in [3.63, 3.8) is 0 Å². The number of carbonyl (C=O) groups is 1. The van der Waals surface area contributed by atoms with Crippen LogP contribution in [0.3, 0.4) is 0 Å². The highest BCUT2D eigenvalue weighted by molar-refractivity contribution is 6.31. The summed E-state index contributed by atoms with van der Waals surface area (Å²) >= 11 is 6.49. The fourth-order valence-electron chi connectivity index (χ4n) is 4.39. The topological polar surface area (TPSA) is 94.2 Å². The fraction of sp³-hybridized carbons (Fsp3) is 0.250. The second-order valence-corrected chi connectivity index (χ2v) is 9.17. The lowest BCUT2D eigenvalue weighted by molar-refractivity contribution is -0.274. The number of fused-ring (bicyclic) bond motifs is 1. The smallest absolute Gasteiger partial charge is 0.497 e. The first-order chi connectivity index (χ1) is 19.0. The van der Waals surface area contributed by atoms with Gasteiger partial charge in [-0.15, -0.1) is 13.2 Å². The Morgan fingerprint density at radius 3 is 2.38 bits per heavy atom. The molecule has 0 aliphatic heterocycles. The van der Waals surface area contributed by atoms with Crippen LogP contribution in [0.25, 0.3) is 10.9 Å². The Morgan fingerprint density at radius 1 is 0.975 bits per heavy atom. The van der Waals surface area contributed by atoms with Crippen LogP contribution in [0.1, 0.15) is 22.4 Å². The van der Waals surface area contributed by atoms with Crippen LogP contribution in [0.4, 0.5) is 13.2 Å². The van der Waals surface area contributed by atoms with E-state index in [4.69, 9.17) is 31.8 Å². The first-order valence-corrected chi connectivity index (χ1v) is 12.3. The van der Waals surface area contributed by atoms with Crippen LogP contribution < -0.4 is 24.9 Å². The van der Waals surface area contributed by atoms with Crippen LogP contribution in [0.5, 0.6) is 23.0 Å². The minimum atomic E-state index is -4.85. The van der Waals surface area contributed by atoms with Gasteiger partial charge in [0.2, 0.25) is 0 Å². The van der Waals surface area contributed by atoms with Gasteiger partial charge in [-0.25, -0.2) is 4.79 Å². The minimum Gasteiger partial charge on any atom is -0.497 e. The lowest BCUT2D eigenvalue weighted by Gasteiger charge is -2.14. The highest BCUT2D eigenvalue weighted by Crippen LogP contribution is 2.36. The minimum absolute atomic E-state index is 0.189. The quantitative estimate of drug-likeness (QED) is 0.183. The van der Waals surface area contributed by atoms with Crippen LogP contribution in [0.2, 0.25) is 5.02 Å². The zero-order valence-electron chi connectivity index (χ0n) is 21.8. The van der Waals surface area contributed by atoms with Crippen LogP contribution >= 0.6 is 11.6 Å². The number of nitrogens with zero attached hydrogens (tertiary/aromatic N) is 1. The maximum atomic E-state index is 13.0. The van der Waals surface area contributed by atoms with Gasteiger partial charge in [0.05, 0.1) is 19.7 Å². The van der Waals surface area contributed by atoms with Gasteiger partial charge in [0.1, 0.15) is 17.2 Å². The molecule has 4 aromatic rings. The van der Waals surface area contributed by atoms with Crippen LogP contribution in [0.15, 0.2) is 54.6 Å². The molecule has 0 atom stereocenters. The summed E-state index contributed by atoms with van der Waals surface area (Å²) in [5, 5.41) is 1.12. The van der Waals surface area contributed by atoms with E-state index in [0.717, 1.165) is 16.8 Å². The molecule has 212 valence electrons. The molecule has 4 rings (SSSR count). The third kappa shape index (κ3) is 6.54. The molecule has 0 aliphatic carbocycles. The number of hydrogen-bond acceptors (Lipinski definition) is 7. The molecule has 2 N–H and O–H groups in total. The average Bonchev–Trinajstić information content (AvgIpc) is 3.17. The molecule has 1 heterocycles. The van der Waals surface area contributed by atoms with E-state index in [1.54, 1.807) is 36.4 Å². The Bertz CT molecular complexity index is 1540. The third-order valence-electron chi connectivity index (χ3n) is 6.36. The maximum Gasteiger partial charge on any atom is 0.573 e. The molecule has 0 unspecified atom stereocenters. The predicted molar refractivity (Wildman–Crippen MR) is 142 cm³/mol. The van der Waals surface area contributed by atoms with Crippen molar-refractivity contribution in [2.75, 3.05) is 20.8 Å². The first-order valence-electron chi connectivity index (χ1n) is 11.9. The predicted octanol–water partition coefficient (Wildman–Crippen LogP) is 5.95. The molecule has 40 heavy (non-hydrogen) atoms. The van der Waals surface area contributed by atoms with Crippen molar-refractivity contribution < 1.29 is 41.8 Å². The summed E-state index contributed by atoms with van der Waals surface area (Å²) < 4.78 is 60.5. The second kappa shape index (κ2) is 12.0. The number of rotatable bonds is 10. The van der Waals surface area contributed by atoms with Crippen LogP contribution in [0, 0.1) is 6.92 Å². The van der Waals surface area contributed by atoms with Crippen molar-refractivity contribution in [2.45, 2.75) is 26.3 Å². The summed E-state index contributed by atoms with van der Waals surface area (Å²) in [7, 11) is 2.77. The Balaban J connectivity index is 1.80. The Morgan fingerprint density at radius 2 is 1.70 bits per heavy atom. The summed E-state index contributed by atoms with van der Waals surface area (Å²) in [6.45, 7) is 1.76. The lowest BCUT2D eigenvalue weighted by atomic mass is 10.0. The Labute approximate surface area is 232 Å². The van der Waals surface area contributed by atoms with Crippen LogP contribution in [-0.4, -0.2) is 37.7 Å². The molecule has 0 radical (unpaired) electrons. The van der Waals surface area contributed by atoms with E-state index in [2.05, 4.69) is 9.47 Å². The molecule has 0 bridgehead atoms. The number of aromatic nitrogens is 1. The van der Waals surface area contributed by atoms with Gasteiger partial charge in [-0.05, 0) is 54.4 Å². The van der Waals surface area contributed by atoms with E-state index in [1.807, 2.05) is 17.6 Å². The van der Waals surface area contributed by atoms with Crippen molar-refractivity contribution in [1.29, 1.82) is 0 Å². The molecule has 0 saturated heterocycles. The number of halogens is 4. The number of esters is 1. The largest absolute Gasteiger partial charge is 0.573 e. The average molecular weight is 579 g/mol. The molecule has 3 aromatic carbocycles. The van der Waals surface area contributed by atoms with Crippen molar-refractivity contribution in [3.8, 4) is 23.0 Å². The molecule has 0 aliphatic rings. The number of alkyl halides is 3. The second-order valence-electron chi connectivity index (χ2n) is 8.76. The van der Waals surface area contributed by atoms with E-state index < -0.39 is 12.3 Å².